The maximum absolute atomic E-state index is 6.55. The monoisotopic (exact) mass is 358 g/mol. The summed E-state index contributed by atoms with van der Waals surface area (Å²) in [5.74, 6) is -0.671. The van der Waals surface area contributed by atoms with Crippen LogP contribution in [-0.4, -0.2) is 44.9 Å². The summed E-state index contributed by atoms with van der Waals surface area (Å²) < 4.78 is 23.9. The van der Waals surface area contributed by atoms with Crippen LogP contribution < -0.4 is 0 Å². The Labute approximate surface area is 155 Å². The Morgan fingerprint density at radius 2 is 1.40 bits per heavy atom. The van der Waals surface area contributed by atoms with Crippen LogP contribution in [0.5, 0.6) is 0 Å². The van der Waals surface area contributed by atoms with Gasteiger partial charge in [0.05, 0.1) is 13.2 Å². The fourth-order valence-corrected chi connectivity index (χ4v) is 3.99. The van der Waals surface area contributed by atoms with Crippen LogP contribution in [0.4, 0.5) is 0 Å². The van der Waals surface area contributed by atoms with E-state index in [9.17, 15) is 0 Å². The second kappa shape index (κ2) is 12.3. The summed E-state index contributed by atoms with van der Waals surface area (Å²) in [5.41, 5.74) is -0.391. The Bertz CT molecular complexity index is 326. The lowest BCUT2D eigenvalue weighted by atomic mass is 9.80. The number of hydrogen-bond donors (Lipinski definition) is 0. The molecule has 0 aliphatic carbocycles. The molecule has 25 heavy (non-hydrogen) atoms. The van der Waals surface area contributed by atoms with Gasteiger partial charge in [-0.15, -0.1) is 0 Å². The zero-order chi connectivity index (χ0) is 18.6. The van der Waals surface area contributed by atoms with Gasteiger partial charge in [-0.1, -0.05) is 72.1 Å². The molecule has 0 N–H and O–H groups in total. The Hall–Kier alpha value is -0.160. The van der Waals surface area contributed by atoms with Gasteiger partial charge < -0.3 is 18.9 Å². The summed E-state index contributed by atoms with van der Waals surface area (Å²) >= 11 is 0. The average Bonchev–Trinajstić information content (AvgIpc) is 3.45. The molecule has 150 valence electrons. The molecule has 0 amide bonds. The fraction of sp³-hybridized carbons (Fsp3) is 1.00. The minimum Gasteiger partial charge on any atom is -0.371 e. The molecule has 1 aliphatic heterocycles. The smallest absolute Gasteiger partial charge is 0.197 e. The number of epoxide rings is 1. The maximum Gasteiger partial charge on any atom is 0.197 e. The third kappa shape index (κ3) is 6.82. The van der Waals surface area contributed by atoms with E-state index in [4.69, 9.17) is 18.9 Å². The van der Waals surface area contributed by atoms with Crippen molar-refractivity contribution in [3.63, 3.8) is 0 Å². The quantitative estimate of drug-likeness (QED) is 0.196. The number of ether oxygens (including phenoxy) is 4. The van der Waals surface area contributed by atoms with E-state index >= 15 is 0 Å². The molecule has 1 saturated heterocycles. The fourth-order valence-electron chi connectivity index (χ4n) is 3.99. The van der Waals surface area contributed by atoms with Crippen molar-refractivity contribution >= 4 is 0 Å². The SMILES string of the molecule is CCCCCCCCC(CCC)(OCC1CO1)C(CCC)(OC)OC. The predicted molar refractivity (Wildman–Crippen MR) is 103 cm³/mol. The van der Waals surface area contributed by atoms with E-state index in [-0.39, 0.29) is 6.10 Å². The molecule has 0 spiro atoms. The molecule has 0 aromatic rings. The van der Waals surface area contributed by atoms with Crippen molar-refractivity contribution in [3.05, 3.63) is 0 Å². The second-order valence-electron chi connectivity index (χ2n) is 7.44. The summed E-state index contributed by atoms with van der Waals surface area (Å²) in [6.07, 6.45) is 12.8. The molecule has 0 aromatic carbocycles. The maximum atomic E-state index is 6.55. The lowest BCUT2D eigenvalue weighted by Crippen LogP contribution is -2.59. The Balaban J connectivity index is 2.82. The van der Waals surface area contributed by atoms with Crippen LogP contribution in [0.3, 0.4) is 0 Å². The lowest BCUT2D eigenvalue weighted by molar-refractivity contribution is -0.322. The highest BCUT2D eigenvalue weighted by Crippen LogP contribution is 2.42. The topological polar surface area (TPSA) is 40.2 Å². The van der Waals surface area contributed by atoms with Crippen molar-refractivity contribution in [1.29, 1.82) is 0 Å². The molecule has 4 heteroatoms. The molecule has 2 unspecified atom stereocenters. The molecule has 0 aromatic heterocycles. The van der Waals surface area contributed by atoms with Crippen LogP contribution in [0.2, 0.25) is 0 Å². The summed E-state index contributed by atoms with van der Waals surface area (Å²) in [6.45, 7) is 8.12. The van der Waals surface area contributed by atoms with Gasteiger partial charge in [-0.2, -0.15) is 0 Å². The molecule has 4 nitrogen and oxygen atoms in total. The van der Waals surface area contributed by atoms with E-state index < -0.39 is 11.4 Å². The van der Waals surface area contributed by atoms with Gasteiger partial charge >= 0.3 is 0 Å². The van der Waals surface area contributed by atoms with Gasteiger partial charge in [-0.05, 0) is 12.8 Å². The summed E-state index contributed by atoms with van der Waals surface area (Å²) in [4.78, 5) is 0. The van der Waals surface area contributed by atoms with Crippen molar-refractivity contribution in [3.8, 4) is 0 Å². The van der Waals surface area contributed by atoms with Gasteiger partial charge in [-0.25, -0.2) is 0 Å². The van der Waals surface area contributed by atoms with E-state index in [1.165, 1.54) is 32.1 Å². The zero-order valence-electron chi connectivity index (χ0n) is 17.4. The van der Waals surface area contributed by atoms with Crippen molar-refractivity contribution in [1.82, 2.24) is 0 Å². The molecule has 1 aliphatic rings. The highest BCUT2D eigenvalue weighted by Gasteiger charge is 2.52. The van der Waals surface area contributed by atoms with E-state index in [0.29, 0.717) is 6.61 Å². The average molecular weight is 359 g/mol. The highest BCUT2D eigenvalue weighted by atomic mass is 16.7. The summed E-state index contributed by atoms with van der Waals surface area (Å²) in [7, 11) is 3.53. The van der Waals surface area contributed by atoms with Crippen LogP contribution >= 0.6 is 0 Å². The molecular formula is C21H42O4. The standard InChI is InChI=1S/C21H42O4/c1-6-9-10-11-12-13-16-20(14-7-2,25-18-19-17-24-19)21(22-4,23-5)15-8-3/h19H,6-18H2,1-5H3. The van der Waals surface area contributed by atoms with Crippen molar-refractivity contribution in [2.24, 2.45) is 0 Å². The molecule has 0 saturated carbocycles. The molecule has 0 radical (unpaired) electrons. The number of unbranched alkanes of at least 4 members (excludes halogenated alkanes) is 5. The van der Waals surface area contributed by atoms with Gasteiger partial charge in [0.1, 0.15) is 11.7 Å². The zero-order valence-corrected chi connectivity index (χ0v) is 17.4. The van der Waals surface area contributed by atoms with E-state index in [0.717, 1.165) is 45.1 Å². The van der Waals surface area contributed by atoms with Gasteiger partial charge in [0.2, 0.25) is 0 Å². The van der Waals surface area contributed by atoms with Crippen LogP contribution in [0.25, 0.3) is 0 Å². The predicted octanol–water partition coefficient (Wildman–Crippen LogP) is 5.48. The van der Waals surface area contributed by atoms with Gasteiger partial charge in [0, 0.05) is 20.6 Å². The summed E-state index contributed by atoms with van der Waals surface area (Å²) in [6, 6.07) is 0. The van der Waals surface area contributed by atoms with Crippen molar-refractivity contribution in [2.45, 2.75) is 109 Å². The van der Waals surface area contributed by atoms with Crippen molar-refractivity contribution < 1.29 is 18.9 Å². The Kier molecular flexibility index (Phi) is 11.2. The second-order valence-corrected chi connectivity index (χ2v) is 7.44. The first-order chi connectivity index (χ1) is 12.1. The van der Waals surface area contributed by atoms with Crippen LogP contribution in [0.1, 0.15) is 91.4 Å². The number of rotatable bonds is 17. The van der Waals surface area contributed by atoms with Crippen LogP contribution in [-0.2, 0) is 18.9 Å². The molecule has 2 atom stereocenters. The first-order valence-corrected chi connectivity index (χ1v) is 10.5. The van der Waals surface area contributed by atoms with E-state index in [2.05, 4.69) is 20.8 Å². The first kappa shape index (κ1) is 22.9. The Morgan fingerprint density at radius 1 is 0.800 bits per heavy atom. The highest BCUT2D eigenvalue weighted by molar-refractivity contribution is 4.97. The number of methoxy groups -OCH3 is 2. The normalized spacial score (nSPS) is 19.8. The first-order valence-electron chi connectivity index (χ1n) is 10.5. The molecule has 1 rings (SSSR count). The Morgan fingerprint density at radius 3 is 1.92 bits per heavy atom. The molecular weight excluding hydrogens is 316 g/mol. The molecule has 1 fully saturated rings. The number of hydrogen-bond acceptors (Lipinski definition) is 4. The minimum absolute atomic E-state index is 0.258. The van der Waals surface area contributed by atoms with E-state index in [1.807, 2.05) is 0 Å². The summed E-state index contributed by atoms with van der Waals surface area (Å²) in [5, 5.41) is 0. The third-order valence-electron chi connectivity index (χ3n) is 5.47. The van der Waals surface area contributed by atoms with Gasteiger partial charge in [0.25, 0.3) is 0 Å². The van der Waals surface area contributed by atoms with Gasteiger partial charge in [-0.3, -0.25) is 0 Å². The molecule has 1 heterocycles. The van der Waals surface area contributed by atoms with Gasteiger partial charge in [0.15, 0.2) is 5.79 Å². The van der Waals surface area contributed by atoms with E-state index in [1.54, 1.807) is 14.2 Å². The van der Waals surface area contributed by atoms with Crippen molar-refractivity contribution in [2.75, 3.05) is 27.4 Å². The molecule has 0 bridgehead atoms. The third-order valence-corrected chi connectivity index (χ3v) is 5.47. The van der Waals surface area contributed by atoms with Crippen LogP contribution in [0.15, 0.2) is 0 Å². The largest absolute Gasteiger partial charge is 0.371 e. The lowest BCUT2D eigenvalue weighted by Gasteiger charge is -2.48. The minimum atomic E-state index is -0.671. The van der Waals surface area contributed by atoms with Crippen LogP contribution in [0, 0.1) is 0 Å².